The minimum atomic E-state index is -0.711. The van der Waals surface area contributed by atoms with Gasteiger partial charge < -0.3 is 16.6 Å². The van der Waals surface area contributed by atoms with Gasteiger partial charge in [-0.15, -0.1) is 0 Å². The Morgan fingerprint density at radius 1 is 1.46 bits per heavy atom. The fourth-order valence-corrected chi connectivity index (χ4v) is 1.46. The van der Waals surface area contributed by atoms with Crippen LogP contribution in [-0.2, 0) is 0 Å². The lowest BCUT2D eigenvalue weighted by atomic mass is 10.0. The predicted octanol–water partition coefficient (Wildman–Crippen LogP) is 1.41. The number of hydrogen-bond acceptors (Lipinski definition) is 3. The molecule has 4 heteroatoms. The summed E-state index contributed by atoms with van der Waals surface area (Å²) in [5.74, 6) is 0. The van der Waals surface area contributed by atoms with E-state index < -0.39 is 6.10 Å². The average Bonchev–Trinajstić information content (AvgIpc) is 2.08. The number of nitrogen functional groups attached to an aromatic ring is 1. The molecule has 1 aromatic rings. The van der Waals surface area contributed by atoms with E-state index >= 15 is 0 Å². The van der Waals surface area contributed by atoms with Gasteiger partial charge in [-0.25, -0.2) is 0 Å². The van der Waals surface area contributed by atoms with E-state index in [1.54, 1.807) is 19.1 Å². The Balaban J connectivity index is 3.05. The number of rotatable bonds is 2. The maximum Gasteiger partial charge on any atom is 0.0958 e. The van der Waals surface area contributed by atoms with Crippen molar-refractivity contribution in [2.24, 2.45) is 5.73 Å². The molecule has 2 unspecified atom stereocenters. The van der Waals surface area contributed by atoms with Gasteiger partial charge in [-0.05, 0) is 25.1 Å². The minimum absolute atomic E-state index is 0.323. The van der Waals surface area contributed by atoms with Crippen LogP contribution in [0, 0.1) is 0 Å². The molecule has 72 valence electrons. The van der Waals surface area contributed by atoms with Crippen LogP contribution < -0.4 is 11.5 Å². The van der Waals surface area contributed by atoms with Crippen LogP contribution in [-0.4, -0.2) is 11.1 Å². The highest BCUT2D eigenvalue weighted by molar-refractivity contribution is 9.10. The summed E-state index contributed by atoms with van der Waals surface area (Å²) in [5.41, 5.74) is 12.5. The maximum absolute atomic E-state index is 9.68. The molecule has 3 nitrogen and oxygen atoms in total. The molecule has 0 amide bonds. The Hall–Kier alpha value is -0.580. The molecule has 0 saturated carbocycles. The number of hydrogen-bond donors (Lipinski definition) is 3. The number of aliphatic hydroxyl groups excluding tert-OH is 1. The Morgan fingerprint density at radius 2 is 2.08 bits per heavy atom. The van der Waals surface area contributed by atoms with E-state index in [1.807, 2.05) is 6.07 Å². The van der Waals surface area contributed by atoms with Gasteiger partial charge in [0, 0.05) is 21.8 Å². The second-order valence-electron chi connectivity index (χ2n) is 3.08. The summed E-state index contributed by atoms with van der Waals surface area (Å²) in [5, 5.41) is 9.68. The van der Waals surface area contributed by atoms with Crippen LogP contribution in [0.4, 0.5) is 5.69 Å². The zero-order valence-electron chi connectivity index (χ0n) is 7.37. The number of anilines is 1. The van der Waals surface area contributed by atoms with Crippen molar-refractivity contribution >= 4 is 21.6 Å². The number of aliphatic hydroxyl groups is 1. The second-order valence-corrected chi connectivity index (χ2v) is 3.99. The van der Waals surface area contributed by atoms with Crippen molar-refractivity contribution in [2.45, 2.75) is 19.1 Å². The highest BCUT2D eigenvalue weighted by Gasteiger charge is 2.15. The fraction of sp³-hybridized carbons (Fsp3) is 0.333. The Labute approximate surface area is 85.9 Å². The topological polar surface area (TPSA) is 72.3 Å². The van der Waals surface area contributed by atoms with Crippen LogP contribution in [0.25, 0.3) is 0 Å². The van der Waals surface area contributed by atoms with Crippen LogP contribution in [0.3, 0.4) is 0 Å². The van der Waals surface area contributed by atoms with Gasteiger partial charge in [-0.3, -0.25) is 0 Å². The normalized spacial score (nSPS) is 15.4. The van der Waals surface area contributed by atoms with Gasteiger partial charge in [0.05, 0.1) is 6.10 Å². The van der Waals surface area contributed by atoms with Gasteiger partial charge in [-0.1, -0.05) is 15.9 Å². The first-order valence-electron chi connectivity index (χ1n) is 4.01. The first-order chi connectivity index (χ1) is 6.02. The third-order valence-electron chi connectivity index (χ3n) is 1.87. The van der Waals surface area contributed by atoms with Crippen molar-refractivity contribution < 1.29 is 5.11 Å². The monoisotopic (exact) mass is 244 g/mol. The molecule has 0 fully saturated rings. The molecule has 0 bridgehead atoms. The summed E-state index contributed by atoms with van der Waals surface area (Å²) in [6.45, 7) is 1.74. The molecule has 0 spiro atoms. The highest BCUT2D eigenvalue weighted by Crippen LogP contribution is 2.25. The van der Waals surface area contributed by atoms with Gasteiger partial charge in [0.15, 0.2) is 0 Å². The number of halogens is 1. The lowest BCUT2D eigenvalue weighted by molar-refractivity contribution is 0.154. The summed E-state index contributed by atoms with van der Waals surface area (Å²) >= 11 is 3.31. The second kappa shape index (κ2) is 4.09. The zero-order chi connectivity index (χ0) is 10.0. The molecule has 5 N–H and O–H groups in total. The smallest absolute Gasteiger partial charge is 0.0958 e. The molecule has 0 aliphatic heterocycles. The van der Waals surface area contributed by atoms with Gasteiger partial charge in [0.25, 0.3) is 0 Å². The minimum Gasteiger partial charge on any atom is -0.398 e. The van der Waals surface area contributed by atoms with E-state index in [-0.39, 0.29) is 6.04 Å². The first-order valence-corrected chi connectivity index (χ1v) is 4.80. The summed E-state index contributed by atoms with van der Waals surface area (Å²) < 4.78 is 0.886. The standard InChI is InChI=1S/C9H13BrN2O/c1-5(11)9(13)7-4-6(10)2-3-8(7)12/h2-5,9,13H,11-12H2,1H3. The molecule has 0 aliphatic carbocycles. The van der Waals surface area contributed by atoms with Crippen molar-refractivity contribution in [3.8, 4) is 0 Å². The zero-order valence-corrected chi connectivity index (χ0v) is 8.95. The molecule has 2 atom stereocenters. The SMILES string of the molecule is CC(N)C(O)c1cc(Br)ccc1N. The summed E-state index contributed by atoms with van der Waals surface area (Å²) in [6.07, 6.45) is -0.711. The van der Waals surface area contributed by atoms with E-state index in [4.69, 9.17) is 11.5 Å². The third kappa shape index (κ3) is 2.43. The van der Waals surface area contributed by atoms with Crippen LogP contribution in [0.2, 0.25) is 0 Å². The largest absolute Gasteiger partial charge is 0.398 e. The lowest BCUT2D eigenvalue weighted by Crippen LogP contribution is -2.25. The van der Waals surface area contributed by atoms with Crippen molar-refractivity contribution in [2.75, 3.05) is 5.73 Å². The van der Waals surface area contributed by atoms with Gasteiger partial charge in [-0.2, -0.15) is 0 Å². The summed E-state index contributed by atoms with van der Waals surface area (Å²) in [7, 11) is 0. The maximum atomic E-state index is 9.68. The molecule has 0 saturated heterocycles. The molecule has 0 heterocycles. The molecule has 1 aromatic carbocycles. The van der Waals surface area contributed by atoms with Crippen LogP contribution in [0.5, 0.6) is 0 Å². The van der Waals surface area contributed by atoms with Gasteiger partial charge >= 0.3 is 0 Å². The summed E-state index contributed by atoms with van der Waals surface area (Å²) in [4.78, 5) is 0. The van der Waals surface area contributed by atoms with E-state index in [0.29, 0.717) is 11.3 Å². The third-order valence-corrected chi connectivity index (χ3v) is 2.36. The molecular formula is C9H13BrN2O. The Morgan fingerprint density at radius 3 is 2.62 bits per heavy atom. The van der Waals surface area contributed by atoms with E-state index in [0.717, 1.165) is 4.47 Å². The molecule has 0 aliphatic rings. The molecule has 0 radical (unpaired) electrons. The van der Waals surface area contributed by atoms with Crippen molar-refractivity contribution in [3.63, 3.8) is 0 Å². The van der Waals surface area contributed by atoms with Crippen molar-refractivity contribution in [1.82, 2.24) is 0 Å². The molecule has 1 rings (SSSR count). The van der Waals surface area contributed by atoms with E-state index in [2.05, 4.69) is 15.9 Å². The van der Waals surface area contributed by atoms with Crippen LogP contribution >= 0.6 is 15.9 Å². The molecule has 13 heavy (non-hydrogen) atoms. The Kier molecular flexibility index (Phi) is 3.30. The van der Waals surface area contributed by atoms with E-state index in [1.165, 1.54) is 0 Å². The predicted molar refractivity (Wildman–Crippen MR) is 57.2 cm³/mol. The average molecular weight is 245 g/mol. The Bertz CT molecular complexity index is 302. The van der Waals surface area contributed by atoms with E-state index in [9.17, 15) is 5.11 Å². The van der Waals surface area contributed by atoms with Crippen molar-refractivity contribution in [1.29, 1.82) is 0 Å². The van der Waals surface area contributed by atoms with Crippen LogP contribution in [0.15, 0.2) is 22.7 Å². The van der Waals surface area contributed by atoms with Gasteiger partial charge in [0.2, 0.25) is 0 Å². The van der Waals surface area contributed by atoms with Gasteiger partial charge in [0.1, 0.15) is 0 Å². The first kappa shape index (κ1) is 10.5. The molecular weight excluding hydrogens is 232 g/mol. The fourth-order valence-electron chi connectivity index (χ4n) is 1.08. The molecule has 0 aromatic heterocycles. The quantitative estimate of drug-likeness (QED) is 0.690. The summed E-state index contributed by atoms with van der Waals surface area (Å²) in [6, 6.07) is 5.03. The lowest BCUT2D eigenvalue weighted by Gasteiger charge is -2.16. The van der Waals surface area contributed by atoms with Crippen LogP contribution in [0.1, 0.15) is 18.6 Å². The number of benzene rings is 1. The number of nitrogens with two attached hydrogens (primary N) is 2. The highest BCUT2D eigenvalue weighted by atomic mass is 79.9. The van der Waals surface area contributed by atoms with Crippen molar-refractivity contribution in [3.05, 3.63) is 28.2 Å².